The van der Waals surface area contributed by atoms with Crippen molar-refractivity contribution in [2.75, 3.05) is 12.9 Å². The molecule has 0 aliphatic carbocycles. The third kappa shape index (κ3) is 4.75. The van der Waals surface area contributed by atoms with Gasteiger partial charge in [0, 0.05) is 0 Å². The third-order valence-corrected chi connectivity index (χ3v) is 6.13. The molecule has 0 aliphatic rings. The van der Waals surface area contributed by atoms with Gasteiger partial charge in [-0.2, -0.15) is 5.10 Å². The molecule has 7 nitrogen and oxygen atoms in total. The summed E-state index contributed by atoms with van der Waals surface area (Å²) in [5, 5.41) is 9.18. The molecule has 1 amide bonds. The Kier molecular flexibility index (Phi) is 6.70. The number of rotatable bonds is 8. The summed E-state index contributed by atoms with van der Waals surface area (Å²) in [6.07, 6.45) is 3.26. The number of hydrogen-bond acceptors (Lipinski definition) is 6. The first-order chi connectivity index (χ1) is 15.6. The van der Waals surface area contributed by atoms with Gasteiger partial charge in [-0.25, -0.2) is 14.6 Å². The van der Waals surface area contributed by atoms with Gasteiger partial charge in [0.1, 0.15) is 17.1 Å². The number of thioether (sulfide) groups is 1. The van der Waals surface area contributed by atoms with E-state index < -0.39 is 0 Å². The number of aromatic nitrogens is 4. The smallest absolute Gasteiger partial charge is 0.230 e. The molecule has 0 fully saturated rings. The third-order valence-electron chi connectivity index (χ3n) is 5.13. The SMILES string of the molecule is COc1ccc(C(NC(=O)CSc2ncnc3c2cnn3-c2ccccc2)C(C)C)cc1. The van der Waals surface area contributed by atoms with Gasteiger partial charge in [-0.1, -0.05) is 55.9 Å². The second-order valence-electron chi connectivity index (χ2n) is 7.66. The summed E-state index contributed by atoms with van der Waals surface area (Å²) >= 11 is 1.39. The second kappa shape index (κ2) is 9.82. The van der Waals surface area contributed by atoms with Crippen molar-refractivity contribution in [3.63, 3.8) is 0 Å². The average Bonchev–Trinajstić information content (AvgIpc) is 3.26. The summed E-state index contributed by atoms with van der Waals surface area (Å²) in [6.45, 7) is 4.18. The molecule has 2 heterocycles. The number of nitrogens with one attached hydrogen (secondary N) is 1. The van der Waals surface area contributed by atoms with Gasteiger partial charge >= 0.3 is 0 Å². The van der Waals surface area contributed by atoms with E-state index in [9.17, 15) is 4.79 Å². The van der Waals surface area contributed by atoms with E-state index in [1.165, 1.54) is 18.1 Å². The molecule has 0 spiro atoms. The lowest BCUT2D eigenvalue weighted by Gasteiger charge is -2.23. The summed E-state index contributed by atoms with van der Waals surface area (Å²) in [6, 6.07) is 17.5. The van der Waals surface area contributed by atoms with Crippen LogP contribution in [0.25, 0.3) is 16.7 Å². The van der Waals surface area contributed by atoms with Crippen molar-refractivity contribution in [1.82, 2.24) is 25.1 Å². The molecule has 4 aromatic rings. The Balaban J connectivity index is 1.47. The zero-order valence-corrected chi connectivity index (χ0v) is 19.0. The average molecular weight is 448 g/mol. The Bertz CT molecular complexity index is 1190. The van der Waals surface area contributed by atoms with Crippen LogP contribution in [0.5, 0.6) is 5.75 Å². The number of benzene rings is 2. The largest absolute Gasteiger partial charge is 0.497 e. The predicted molar refractivity (Wildman–Crippen MR) is 126 cm³/mol. The Hall–Kier alpha value is -3.39. The van der Waals surface area contributed by atoms with Crippen molar-refractivity contribution in [2.24, 2.45) is 5.92 Å². The van der Waals surface area contributed by atoms with E-state index in [-0.39, 0.29) is 23.6 Å². The normalized spacial score (nSPS) is 12.1. The highest BCUT2D eigenvalue weighted by Gasteiger charge is 2.19. The molecule has 8 heteroatoms. The number of nitrogens with zero attached hydrogens (tertiary/aromatic N) is 4. The van der Waals surface area contributed by atoms with Crippen molar-refractivity contribution in [3.05, 3.63) is 72.7 Å². The van der Waals surface area contributed by atoms with Crippen molar-refractivity contribution in [3.8, 4) is 11.4 Å². The van der Waals surface area contributed by atoms with Crippen LogP contribution < -0.4 is 10.1 Å². The molecule has 2 aromatic carbocycles. The summed E-state index contributed by atoms with van der Waals surface area (Å²) in [7, 11) is 1.64. The second-order valence-corrected chi connectivity index (χ2v) is 8.62. The quantitative estimate of drug-likeness (QED) is 0.318. The molecule has 0 radical (unpaired) electrons. The first-order valence-corrected chi connectivity index (χ1v) is 11.4. The maximum absolute atomic E-state index is 12.8. The van der Waals surface area contributed by atoms with Gasteiger partial charge in [-0.05, 0) is 35.7 Å². The molecule has 32 heavy (non-hydrogen) atoms. The van der Waals surface area contributed by atoms with Gasteiger partial charge in [-0.15, -0.1) is 0 Å². The number of fused-ring (bicyclic) bond motifs is 1. The highest BCUT2D eigenvalue weighted by molar-refractivity contribution is 8.00. The number of hydrogen-bond donors (Lipinski definition) is 1. The van der Waals surface area contributed by atoms with E-state index in [1.54, 1.807) is 18.0 Å². The van der Waals surface area contributed by atoms with E-state index >= 15 is 0 Å². The maximum atomic E-state index is 12.8. The number of carbonyl (C=O) groups excluding carboxylic acids is 1. The van der Waals surface area contributed by atoms with Crippen LogP contribution in [-0.2, 0) is 4.79 Å². The highest BCUT2D eigenvalue weighted by atomic mass is 32.2. The number of methoxy groups -OCH3 is 1. The van der Waals surface area contributed by atoms with Gasteiger partial charge < -0.3 is 10.1 Å². The summed E-state index contributed by atoms with van der Waals surface area (Å²) in [5.41, 5.74) is 2.69. The molecule has 0 saturated heterocycles. The lowest BCUT2D eigenvalue weighted by atomic mass is 9.96. The number of amides is 1. The Morgan fingerprint density at radius 3 is 2.53 bits per heavy atom. The Morgan fingerprint density at radius 1 is 1.09 bits per heavy atom. The maximum Gasteiger partial charge on any atom is 0.230 e. The van der Waals surface area contributed by atoms with Crippen LogP contribution in [0.2, 0.25) is 0 Å². The molecular weight excluding hydrogens is 422 g/mol. The molecule has 164 valence electrons. The van der Waals surface area contributed by atoms with E-state index in [2.05, 4.69) is 34.2 Å². The van der Waals surface area contributed by atoms with Crippen molar-refractivity contribution in [2.45, 2.75) is 24.9 Å². The fourth-order valence-corrected chi connectivity index (χ4v) is 4.26. The van der Waals surface area contributed by atoms with Gasteiger partial charge in [-0.3, -0.25) is 4.79 Å². The van der Waals surface area contributed by atoms with Crippen molar-refractivity contribution in [1.29, 1.82) is 0 Å². The molecule has 0 bridgehead atoms. The van der Waals surface area contributed by atoms with E-state index in [0.29, 0.717) is 5.65 Å². The molecule has 1 unspecified atom stereocenters. The summed E-state index contributed by atoms with van der Waals surface area (Å²) < 4.78 is 7.01. The van der Waals surface area contributed by atoms with E-state index in [4.69, 9.17) is 4.74 Å². The van der Waals surface area contributed by atoms with E-state index in [1.807, 2.05) is 54.6 Å². The number of ether oxygens (including phenoxy) is 1. The fourth-order valence-electron chi connectivity index (χ4n) is 3.49. The lowest BCUT2D eigenvalue weighted by molar-refractivity contribution is -0.119. The molecule has 4 rings (SSSR count). The first-order valence-electron chi connectivity index (χ1n) is 10.4. The minimum Gasteiger partial charge on any atom is -0.497 e. The van der Waals surface area contributed by atoms with Crippen molar-refractivity contribution < 1.29 is 9.53 Å². The lowest BCUT2D eigenvalue weighted by Crippen LogP contribution is -2.33. The van der Waals surface area contributed by atoms with Crippen LogP contribution in [0.3, 0.4) is 0 Å². The first kappa shape index (κ1) is 21.8. The molecule has 1 N–H and O–H groups in total. The van der Waals surface area contributed by atoms with Crippen LogP contribution in [0.4, 0.5) is 0 Å². The number of carbonyl (C=O) groups is 1. The topological polar surface area (TPSA) is 81.9 Å². The van der Waals surface area contributed by atoms with Gasteiger partial charge in [0.15, 0.2) is 5.65 Å². The fraction of sp³-hybridized carbons (Fsp3) is 0.250. The Morgan fingerprint density at radius 2 is 1.84 bits per heavy atom. The van der Waals surface area contributed by atoms with Crippen LogP contribution in [0.1, 0.15) is 25.5 Å². The molecule has 2 aromatic heterocycles. The zero-order valence-electron chi connectivity index (χ0n) is 18.2. The highest BCUT2D eigenvalue weighted by Crippen LogP contribution is 2.27. The minimum atomic E-state index is -0.0831. The zero-order chi connectivity index (χ0) is 22.5. The molecular formula is C24H25N5O2S. The standard InChI is InChI=1S/C24H25N5O2S/c1-16(2)22(17-9-11-19(31-3)12-10-17)28-21(30)14-32-24-20-13-27-29(23(20)25-15-26-24)18-7-5-4-6-8-18/h4-13,15-16,22H,14H2,1-3H3,(H,28,30). The molecule has 0 aliphatic heterocycles. The van der Waals surface area contributed by atoms with Gasteiger partial charge in [0.25, 0.3) is 0 Å². The van der Waals surface area contributed by atoms with Crippen molar-refractivity contribution >= 4 is 28.7 Å². The number of para-hydroxylation sites is 1. The van der Waals surface area contributed by atoms with E-state index in [0.717, 1.165) is 27.4 Å². The van der Waals surface area contributed by atoms with Gasteiger partial charge in [0.05, 0.1) is 36.2 Å². The van der Waals surface area contributed by atoms with Crippen LogP contribution in [0, 0.1) is 5.92 Å². The predicted octanol–water partition coefficient (Wildman–Crippen LogP) is 4.43. The summed E-state index contributed by atoms with van der Waals surface area (Å²) in [5.74, 6) is 1.24. The van der Waals surface area contributed by atoms with Crippen LogP contribution in [0.15, 0.2) is 72.1 Å². The van der Waals surface area contributed by atoms with Crippen LogP contribution >= 0.6 is 11.8 Å². The monoisotopic (exact) mass is 447 g/mol. The molecule has 1 atom stereocenters. The van der Waals surface area contributed by atoms with Gasteiger partial charge in [0.2, 0.25) is 5.91 Å². The Labute approximate surface area is 191 Å². The molecule has 0 saturated carbocycles. The minimum absolute atomic E-state index is 0.0493. The van der Waals surface area contributed by atoms with Crippen LogP contribution in [-0.4, -0.2) is 38.5 Å². The summed E-state index contributed by atoms with van der Waals surface area (Å²) in [4.78, 5) is 21.5.